The lowest BCUT2D eigenvalue weighted by Gasteiger charge is -2.21. The van der Waals surface area contributed by atoms with E-state index in [9.17, 15) is 0 Å². The van der Waals surface area contributed by atoms with Gasteiger partial charge in [0.05, 0.1) is 0 Å². The molecule has 0 bridgehead atoms. The number of anilines is 1. The molecule has 0 atom stereocenters. The molecular formula is C16H19N. The minimum Gasteiger partial charge on any atom is -0.374 e. The second kappa shape index (κ2) is 5.05. The van der Waals surface area contributed by atoms with E-state index in [1.165, 1.54) is 22.0 Å². The Morgan fingerprint density at radius 1 is 1.18 bits per heavy atom. The van der Waals surface area contributed by atoms with Crippen molar-refractivity contribution in [2.75, 3.05) is 18.5 Å². The predicted molar refractivity (Wildman–Crippen MR) is 77.6 cm³/mol. The van der Waals surface area contributed by atoms with Crippen molar-refractivity contribution in [1.82, 2.24) is 0 Å². The average molecular weight is 225 g/mol. The monoisotopic (exact) mass is 225 g/mol. The Hall–Kier alpha value is -1.76. The Morgan fingerprint density at radius 2 is 1.88 bits per heavy atom. The fraction of sp³-hybridized carbons (Fsp3) is 0.250. The van der Waals surface area contributed by atoms with Gasteiger partial charge < -0.3 is 4.90 Å². The second-order valence-corrected chi connectivity index (χ2v) is 4.35. The summed E-state index contributed by atoms with van der Waals surface area (Å²) < 4.78 is 0. The van der Waals surface area contributed by atoms with Crippen molar-refractivity contribution < 1.29 is 0 Å². The third-order valence-corrected chi connectivity index (χ3v) is 3.11. The van der Waals surface area contributed by atoms with Crippen molar-refractivity contribution in [3.05, 3.63) is 48.5 Å². The zero-order valence-corrected chi connectivity index (χ0v) is 10.6. The second-order valence-electron chi connectivity index (χ2n) is 4.35. The minimum absolute atomic E-state index is 1.07. The molecule has 0 heterocycles. The zero-order chi connectivity index (χ0) is 12.3. The van der Waals surface area contributed by atoms with Crippen LogP contribution in [0.1, 0.15) is 18.9 Å². The first kappa shape index (κ1) is 11.7. The number of benzene rings is 2. The van der Waals surface area contributed by atoms with E-state index in [2.05, 4.69) is 61.8 Å². The summed E-state index contributed by atoms with van der Waals surface area (Å²) in [6.07, 6.45) is 3.09. The van der Waals surface area contributed by atoms with Gasteiger partial charge in [-0.05, 0) is 23.4 Å². The lowest BCUT2D eigenvalue weighted by molar-refractivity contribution is 0.855. The Kier molecular flexibility index (Phi) is 3.48. The Bertz CT molecular complexity index is 523. The summed E-state index contributed by atoms with van der Waals surface area (Å²) in [7, 11) is 2.15. The molecular weight excluding hydrogens is 206 g/mol. The van der Waals surface area contributed by atoms with Crippen LogP contribution in [0.2, 0.25) is 0 Å². The highest BCUT2D eigenvalue weighted by molar-refractivity contribution is 6.00. The third-order valence-electron chi connectivity index (χ3n) is 3.11. The predicted octanol–water partition coefficient (Wildman–Crippen LogP) is 4.33. The fourth-order valence-electron chi connectivity index (χ4n) is 2.29. The Morgan fingerprint density at radius 3 is 2.53 bits per heavy atom. The molecule has 1 heteroatoms. The van der Waals surface area contributed by atoms with Crippen LogP contribution in [0.15, 0.2) is 43.0 Å². The third kappa shape index (κ3) is 2.19. The van der Waals surface area contributed by atoms with Gasteiger partial charge in [-0.1, -0.05) is 49.9 Å². The van der Waals surface area contributed by atoms with E-state index in [4.69, 9.17) is 0 Å². The maximum atomic E-state index is 3.91. The molecule has 0 spiro atoms. The molecule has 0 unspecified atom stereocenters. The van der Waals surface area contributed by atoms with Crippen LogP contribution in [0, 0.1) is 0 Å². The highest BCUT2D eigenvalue weighted by Crippen LogP contribution is 2.30. The molecule has 2 rings (SSSR count). The Labute approximate surface area is 103 Å². The van der Waals surface area contributed by atoms with Crippen LogP contribution in [0.5, 0.6) is 0 Å². The van der Waals surface area contributed by atoms with Crippen LogP contribution in [-0.4, -0.2) is 13.6 Å². The SMILES string of the molecule is C=Cc1cccc2cccc(N(C)CCC)c12. The molecule has 0 amide bonds. The van der Waals surface area contributed by atoms with Crippen LogP contribution in [0.4, 0.5) is 5.69 Å². The van der Waals surface area contributed by atoms with E-state index in [0.29, 0.717) is 0 Å². The Balaban J connectivity index is 2.66. The molecule has 0 aliphatic carbocycles. The van der Waals surface area contributed by atoms with E-state index >= 15 is 0 Å². The molecule has 2 aromatic carbocycles. The topological polar surface area (TPSA) is 3.24 Å². The summed E-state index contributed by atoms with van der Waals surface area (Å²) in [4.78, 5) is 2.31. The molecule has 1 nitrogen and oxygen atoms in total. The molecule has 88 valence electrons. The number of hydrogen-bond acceptors (Lipinski definition) is 1. The van der Waals surface area contributed by atoms with Gasteiger partial charge in [0.1, 0.15) is 0 Å². The smallest absolute Gasteiger partial charge is 0.0449 e. The molecule has 0 radical (unpaired) electrons. The van der Waals surface area contributed by atoms with E-state index in [-0.39, 0.29) is 0 Å². The van der Waals surface area contributed by atoms with Crippen LogP contribution >= 0.6 is 0 Å². The fourth-order valence-corrected chi connectivity index (χ4v) is 2.29. The first-order chi connectivity index (χ1) is 8.27. The lowest BCUT2D eigenvalue weighted by Crippen LogP contribution is -2.18. The summed E-state index contributed by atoms with van der Waals surface area (Å²) in [6.45, 7) is 7.19. The largest absolute Gasteiger partial charge is 0.374 e. The molecule has 0 saturated carbocycles. The van der Waals surface area contributed by atoms with Crippen molar-refractivity contribution in [3.8, 4) is 0 Å². The molecule has 17 heavy (non-hydrogen) atoms. The molecule has 0 aliphatic rings. The maximum Gasteiger partial charge on any atom is 0.0449 e. The zero-order valence-electron chi connectivity index (χ0n) is 10.6. The minimum atomic E-state index is 1.07. The molecule has 0 aromatic heterocycles. The van der Waals surface area contributed by atoms with Crippen molar-refractivity contribution in [3.63, 3.8) is 0 Å². The molecule has 0 saturated heterocycles. The van der Waals surface area contributed by atoms with Gasteiger partial charge in [-0.3, -0.25) is 0 Å². The van der Waals surface area contributed by atoms with Gasteiger partial charge in [-0.25, -0.2) is 0 Å². The lowest BCUT2D eigenvalue weighted by atomic mass is 10.0. The van der Waals surface area contributed by atoms with E-state index < -0.39 is 0 Å². The number of fused-ring (bicyclic) bond motifs is 1. The van der Waals surface area contributed by atoms with Crippen LogP contribution < -0.4 is 4.90 Å². The first-order valence-corrected chi connectivity index (χ1v) is 6.13. The van der Waals surface area contributed by atoms with E-state index in [1.54, 1.807) is 0 Å². The van der Waals surface area contributed by atoms with Crippen molar-refractivity contribution in [2.24, 2.45) is 0 Å². The van der Waals surface area contributed by atoms with Gasteiger partial charge in [-0.15, -0.1) is 0 Å². The van der Waals surface area contributed by atoms with Crippen LogP contribution in [0.3, 0.4) is 0 Å². The highest BCUT2D eigenvalue weighted by Gasteiger charge is 2.07. The average Bonchev–Trinajstić information content (AvgIpc) is 2.37. The highest BCUT2D eigenvalue weighted by atomic mass is 15.1. The van der Waals surface area contributed by atoms with Crippen molar-refractivity contribution in [2.45, 2.75) is 13.3 Å². The van der Waals surface area contributed by atoms with Gasteiger partial charge in [0, 0.05) is 24.7 Å². The standard InChI is InChI=1S/C16H19N/c1-4-12-17(3)15-11-7-10-14-9-6-8-13(5-2)16(14)15/h5-11H,2,4,12H2,1,3H3. The normalized spacial score (nSPS) is 10.5. The summed E-state index contributed by atoms with van der Waals surface area (Å²) in [5, 5.41) is 2.59. The van der Waals surface area contributed by atoms with Crippen LogP contribution in [0.25, 0.3) is 16.8 Å². The van der Waals surface area contributed by atoms with Gasteiger partial charge in [0.2, 0.25) is 0 Å². The number of hydrogen-bond donors (Lipinski definition) is 0. The maximum absolute atomic E-state index is 3.91. The van der Waals surface area contributed by atoms with Crippen LogP contribution in [-0.2, 0) is 0 Å². The van der Waals surface area contributed by atoms with E-state index in [0.717, 1.165) is 13.0 Å². The summed E-state index contributed by atoms with van der Waals surface area (Å²) in [5.41, 5.74) is 2.50. The van der Waals surface area contributed by atoms with Gasteiger partial charge in [0.15, 0.2) is 0 Å². The molecule has 0 aliphatic heterocycles. The summed E-state index contributed by atoms with van der Waals surface area (Å²) >= 11 is 0. The summed E-state index contributed by atoms with van der Waals surface area (Å²) in [5.74, 6) is 0. The van der Waals surface area contributed by atoms with Crippen molar-refractivity contribution in [1.29, 1.82) is 0 Å². The van der Waals surface area contributed by atoms with Crippen molar-refractivity contribution >= 4 is 22.5 Å². The van der Waals surface area contributed by atoms with Gasteiger partial charge in [0.25, 0.3) is 0 Å². The van der Waals surface area contributed by atoms with Gasteiger partial charge >= 0.3 is 0 Å². The molecule has 0 N–H and O–H groups in total. The summed E-state index contributed by atoms with van der Waals surface area (Å²) in [6, 6.07) is 12.8. The molecule has 0 fully saturated rings. The van der Waals surface area contributed by atoms with E-state index in [1.807, 2.05) is 6.08 Å². The number of nitrogens with zero attached hydrogens (tertiary/aromatic N) is 1. The number of rotatable bonds is 4. The first-order valence-electron chi connectivity index (χ1n) is 6.13. The quantitative estimate of drug-likeness (QED) is 0.748. The van der Waals surface area contributed by atoms with Gasteiger partial charge in [-0.2, -0.15) is 0 Å². The molecule has 2 aromatic rings.